The summed E-state index contributed by atoms with van der Waals surface area (Å²) in [7, 11) is 0. The first-order valence-electron chi connectivity index (χ1n) is 9.31. The van der Waals surface area contributed by atoms with Gasteiger partial charge in [0.2, 0.25) is 0 Å². The van der Waals surface area contributed by atoms with Crippen LogP contribution in [0.2, 0.25) is 0 Å². The third kappa shape index (κ3) is 3.90. The van der Waals surface area contributed by atoms with E-state index in [1.165, 1.54) is 12.1 Å². The summed E-state index contributed by atoms with van der Waals surface area (Å²) in [4.78, 5) is 19.1. The van der Waals surface area contributed by atoms with E-state index < -0.39 is 5.91 Å². The van der Waals surface area contributed by atoms with E-state index in [-0.39, 0.29) is 5.82 Å². The van der Waals surface area contributed by atoms with Crippen LogP contribution in [0.4, 0.5) is 4.39 Å². The Kier molecular flexibility index (Phi) is 5.14. The SMILES string of the molecule is C=CCN1CCn2c(nc(-c3ccc(Oc4cccc(F)c4)cc3)c2C(N)=O)C1. The number of hydrogen-bond acceptors (Lipinski definition) is 4. The Hall–Kier alpha value is -3.45. The van der Waals surface area contributed by atoms with Crippen molar-refractivity contribution >= 4 is 5.91 Å². The molecule has 3 aromatic rings. The molecule has 0 fully saturated rings. The summed E-state index contributed by atoms with van der Waals surface area (Å²) in [5, 5.41) is 0. The van der Waals surface area contributed by atoms with Crippen LogP contribution in [0, 0.1) is 5.82 Å². The van der Waals surface area contributed by atoms with Gasteiger partial charge in [-0.25, -0.2) is 9.37 Å². The second-order valence-corrected chi connectivity index (χ2v) is 6.85. The Morgan fingerprint density at radius 1 is 1.21 bits per heavy atom. The van der Waals surface area contributed by atoms with Gasteiger partial charge < -0.3 is 15.0 Å². The maximum atomic E-state index is 13.3. The number of nitrogens with two attached hydrogens (primary N) is 1. The average Bonchev–Trinajstić information content (AvgIpc) is 3.08. The Labute approximate surface area is 168 Å². The van der Waals surface area contributed by atoms with Gasteiger partial charge in [-0.1, -0.05) is 12.1 Å². The highest BCUT2D eigenvalue weighted by molar-refractivity contribution is 5.97. The predicted molar refractivity (Wildman–Crippen MR) is 108 cm³/mol. The fourth-order valence-corrected chi connectivity index (χ4v) is 3.52. The first kappa shape index (κ1) is 18.9. The molecular weight excluding hydrogens is 371 g/mol. The van der Waals surface area contributed by atoms with Crippen molar-refractivity contribution in [1.82, 2.24) is 14.5 Å². The third-order valence-corrected chi connectivity index (χ3v) is 4.83. The summed E-state index contributed by atoms with van der Waals surface area (Å²) in [6.07, 6.45) is 1.85. The van der Waals surface area contributed by atoms with E-state index in [9.17, 15) is 9.18 Å². The summed E-state index contributed by atoms with van der Waals surface area (Å²) in [5.41, 5.74) is 7.41. The minimum Gasteiger partial charge on any atom is -0.457 e. The van der Waals surface area contributed by atoms with Gasteiger partial charge in [-0.05, 0) is 36.4 Å². The van der Waals surface area contributed by atoms with E-state index in [0.29, 0.717) is 36.0 Å². The zero-order valence-electron chi connectivity index (χ0n) is 15.8. The summed E-state index contributed by atoms with van der Waals surface area (Å²) in [5.74, 6) is 0.911. The number of hydrogen-bond donors (Lipinski definition) is 1. The fraction of sp³-hybridized carbons (Fsp3) is 0.182. The molecule has 1 aliphatic heterocycles. The molecule has 0 aliphatic carbocycles. The topological polar surface area (TPSA) is 73.4 Å². The Balaban J connectivity index is 1.63. The van der Waals surface area contributed by atoms with Crippen LogP contribution in [0.15, 0.2) is 61.2 Å². The fourth-order valence-electron chi connectivity index (χ4n) is 3.52. The Morgan fingerprint density at radius 3 is 2.69 bits per heavy atom. The number of aromatic nitrogens is 2. The molecule has 2 N–H and O–H groups in total. The molecule has 0 saturated heterocycles. The van der Waals surface area contributed by atoms with Crippen LogP contribution in [0.3, 0.4) is 0 Å². The second kappa shape index (κ2) is 7.89. The molecule has 0 bridgehead atoms. The number of rotatable bonds is 6. The normalized spacial score (nSPS) is 13.7. The van der Waals surface area contributed by atoms with Crippen molar-refractivity contribution in [1.29, 1.82) is 0 Å². The number of halogens is 1. The van der Waals surface area contributed by atoms with Gasteiger partial charge in [0.25, 0.3) is 5.91 Å². The van der Waals surface area contributed by atoms with Crippen LogP contribution in [-0.2, 0) is 13.1 Å². The molecule has 1 amide bonds. The molecule has 29 heavy (non-hydrogen) atoms. The maximum Gasteiger partial charge on any atom is 0.267 e. The average molecular weight is 392 g/mol. The molecule has 1 aromatic heterocycles. The van der Waals surface area contributed by atoms with Crippen molar-refractivity contribution in [2.75, 3.05) is 13.1 Å². The van der Waals surface area contributed by atoms with Gasteiger partial charge >= 0.3 is 0 Å². The van der Waals surface area contributed by atoms with Crippen molar-refractivity contribution in [3.63, 3.8) is 0 Å². The number of carbonyl (C=O) groups excluding carboxylic acids is 1. The van der Waals surface area contributed by atoms with E-state index in [0.717, 1.165) is 24.5 Å². The molecule has 0 atom stereocenters. The lowest BCUT2D eigenvalue weighted by molar-refractivity contribution is 0.0988. The molecule has 6 nitrogen and oxygen atoms in total. The zero-order chi connectivity index (χ0) is 20.4. The number of nitrogens with zero attached hydrogens (tertiary/aromatic N) is 3. The monoisotopic (exact) mass is 392 g/mol. The lowest BCUT2D eigenvalue weighted by atomic mass is 10.1. The molecule has 2 heterocycles. The summed E-state index contributed by atoms with van der Waals surface area (Å²) in [6, 6.07) is 13.1. The van der Waals surface area contributed by atoms with E-state index >= 15 is 0 Å². The number of ether oxygens (including phenoxy) is 1. The second-order valence-electron chi connectivity index (χ2n) is 6.85. The molecule has 148 valence electrons. The van der Waals surface area contributed by atoms with E-state index in [1.54, 1.807) is 24.3 Å². The highest BCUT2D eigenvalue weighted by atomic mass is 19.1. The largest absolute Gasteiger partial charge is 0.457 e. The van der Waals surface area contributed by atoms with E-state index in [1.807, 2.05) is 22.8 Å². The molecule has 1 aliphatic rings. The number of fused-ring (bicyclic) bond motifs is 1. The van der Waals surface area contributed by atoms with E-state index in [4.69, 9.17) is 15.5 Å². The minimum atomic E-state index is -0.504. The van der Waals surface area contributed by atoms with Crippen LogP contribution in [0.1, 0.15) is 16.3 Å². The van der Waals surface area contributed by atoms with Crippen LogP contribution >= 0.6 is 0 Å². The van der Waals surface area contributed by atoms with Gasteiger partial charge in [-0.15, -0.1) is 6.58 Å². The highest BCUT2D eigenvalue weighted by Gasteiger charge is 2.26. The molecule has 0 spiro atoms. The molecule has 4 rings (SSSR count). The number of carbonyl (C=O) groups is 1. The number of benzene rings is 2. The summed E-state index contributed by atoms with van der Waals surface area (Å²) < 4.78 is 20.9. The molecular formula is C22H21FN4O2. The smallest absolute Gasteiger partial charge is 0.267 e. The van der Waals surface area contributed by atoms with Crippen molar-refractivity contribution in [3.8, 4) is 22.8 Å². The van der Waals surface area contributed by atoms with Gasteiger partial charge in [0, 0.05) is 31.3 Å². The first-order valence-corrected chi connectivity index (χ1v) is 9.31. The summed E-state index contributed by atoms with van der Waals surface area (Å²) >= 11 is 0. The van der Waals surface area contributed by atoms with Crippen molar-refractivity contribution in [2.24, 2.45) is 5.73 Å². The van der Waals surface area contributed by atoms with Crippen LogP contribution in [0.25, 0.3) is 11.3 Å². The van der Waals surface area contributed by atoms with Crippen LogP contribution in [-0.4, -0.2) is 33.4 Å². The molecule has 0 saturated carbocycles. The summed E-state index contributed by atoms with van der Waals surface area (Å²) in [6.45, 7) is 6.62. The molecule has 2 aromatic carbocycles. The van der Waals surface area contributed by atoms with Gasteiger partial charge in [-0.2, -0.15) is 0 Å². The quantitative estimate of drug-likeness (QED) is 0.651. The number of amides is 1. The lowest BCUT2D eigenvalue weighted by Gasteiger charge is -2.26. The van der Waals surface area contributed by atoms with Gasteiger partial charge in [0.15, 0.2) is 0 Å². The highest BCUT2D eigenvalue weighted by Crippen LogP contribution is 2.29. The van der Waals surface area contributed by atoms with Crippen LogP contribution in [0.5, 0.6) is 11.5 Å². The van der Waals surface area contributed by atoms with Crippen molar-refractivity contribution in [2.45, 2.75) is 13.1 Å². The molecule has 0 unspecified atom stereocenters. The van der Waals surface area contributed by atoms with Gasteiger partial charge in [-0.3, -0.25) is 9.69 Å². The lowest BCUT2D eigenvalue weighted by Crippen LogP contribution is -2.35. The predicted octanol–water partition coefficient (Wildman–Crippen LogP) is 3.58. The first-order chi connectivity index (χ1) is 14.0. The van der Waals surface area contributed by atoms with Gasteiger partial charge in [0.1, 0.15) is 34.5 Å². The minimum absolute atomic E-state index is 0.362. The number of primary amides is 1. The van der Waals surface area contributed by atoms with E-state index in [2.05, 4.69) is 11.5 Å². The van der Waals surface area contributed by atoms with Crippen molar-refractivity contribution in [3.05, 3.63) is 78.5 Å². The molecule has 7 heteroatoms. The Bertz CT molecular complexity index is 1060. The van der Waals surface area contributed by atoms with Gasteiger partial charge in [0.05, 0.1) is 6.54 Å². The molecule has 0 radical (unpaired) electrons. The maximum absolute atomic E-state index is 13.3. The van der Waals surface area contributed by atoms with Crippen LogP contribution < -0.4 is 10.5 Å². The Morgan fingerprint density at radius 2 is 2.00 bits per heavy atom. The number of imidazole rings is 1. The third-order valence-electron chi connectivity index (χ3n) is 4.83. The standard InChI is InChI=1S/C22H21FN4O2/c1-2-10-26-11-12-27-19(14-26)25-20(21(27)22(24)28)15-6-8-17(9-7-15)29-18-5-3-4-16(23)13-18/h2-9,13H,1,10-12,14H2,(H2,24,28). The van der Waals surface area contributed by atoms with Crippen molar-refractivity contribution < 1.29 is 13.9 Å². The zero-order valence-corrected chi connectivity index (χ0v) is 15.8.